The minimum Gasteiger partial charge on any atom is -0.508 e. The summed E-state index contributed by atoms with van der Waals surface area (Å²) in [7, 11) is -0.563. The Labute approximate surface area is 136 Å². The molecule has 2 rings (SSSR count). The first-order valence-electron chi connectivity index (χ1n) is 7.12. The molecule has 0 atom stereocenters. The zero-order valence-corrected chi connectivity index (χ0v) is 14.3. The van der Waals surface area contributed by atoms with Crippen molar-refractivity contribution in [2.75, 3.05) is 20.4 Å². The molecule has 23 heavy (non-hydrogen) atoms. The SMILES string of the molecule is COP(=O)(CC(C)(c1ccc(O)cc1)c1ccc(O)cc1)OC. The molecule has 0 heterocycles. The number of phenolic OH excluding ortho intramolecular Hbond substituents is 2. The fraction of sp³-hybridized carbons (Fsp3) is 0.294. The van der Waals surface area contributed by atoms with E-state index in [1.165, 1.54) is 14.2 Å². The van der Waals surface area contributed by atoms with Gasteiger partial charge in [-0.3, -0.25) is 4.57 Å². The van der Waals surface area contributed by atoms with E-state index in [-0.39, 0.29) is 17.7 Å². The van der Waals surface area contributed by atoms with Gasteiger partial charge in [-0.1, -0.05) is 31.2 Å². The Kier molecular flexibility index (Phi) is 5.15. The molecule has 0 saturated carbocycles. The Morgan fingerprint density at radius 3 is 1.52 bits per heavy atom. The van der Waals surface area contributed by atoms with E-state index in [2.05, 4.69) is 0 Å². The van der Waals surface area contributed by atoms with Gasteiger partial charge in [-0.05, 0) is 35.4 Å². The second-order valence-corrected chi connectivity index (χ2v) is 7.83. The summed E-state index contributed by atoms with van der Waals surface area (Å²) in [5, 5.41) is 19.0. The summed E-state index contributed by atoms with van der Waals surface area (Å²) in [6, 6.07) is 13.4. The van der Waals surface area contributed by atoms with Crippen LogP contribution < -0.4 is 0 Å². The average molecular weight is 336 g/mol. The van der Waals surface area contributed by atoms with Gasteiger partial charge in [-0.15, -0.1) is 0 Å². The zero-order chi connectivity index (χ0) is 17.1. The van der Waals surface area contributed by atoms with Crippen LogP contribution >= 0.6 is 7.60 Å². The number of rotatable bonds is 6. The molecule has 0 aliphatic heterocycles. The first-order valence-corrected chi connectivity index (χ1v) is 8.85. The highest BCUT2D eigenvalue weighted by atomic mass is 31.2. The average Bonchev–Trinajstić information content (AvgIpc) is 2.55. The lowest BCUT2D eigenvalue weighted by Crippen LogP contribution is -2.29. The second-order valence-electron chi connectivity index (χ2n) is 5.56. The maximum atomic E-state index is 12.7. The molecule has 0 radical (unpaired) electrons. The minimum atomic E-state index is -3.28. The number of phenols is 2. The lowest BCUT2D eigenvalue weighted by Gasteiger charge is -2.33. The quantitative estimate of drug-likeness (QED) is 0.783. The van der Waals surface area contributed by atoms with Crippen molar-refractivity contribution in [1.82, 2.24) is 0 Å². The Hall–Kier alpha value is -1.81. The van der Waals surface area contributed by atoms with Crippen LogP contribution in [0.4, 0.5) is 0 Å². The molecule has 0 amide bonds. The van der Waals surface area contributed by atoms with Gasteiger partial charge in [0.25, 0.3) is 0 Å². The van der Waals surface area contributed by atoms with Crippen LogP contribution in [0.2, 0.25) is 0 Å². The maximum absolute atomic E-state index is 12.7. The lowest BCUT2D eigenvalue weighted by atomic mass is 9.78. The molecular formula is C17H21O5P. The highest BCUT2D eigenvalue weighted by Crippen LogP contribution is 2.53. The van der Waals surface area contributed by atoms with Gasteiger partial charge in [-0.25, -0.2) is 0 Å². The van der Waals surface area contributed by atoms with Gasteiger partial charge in [0.05, 0.1) is 6.16 Å². The molecule has 2 aromatic rings. The normalized spacial score (nSPS) is 12.3. The van der Waals surface area contributed by atoms with Gasteiger partial charge in [0.2, 0.25) is 0 Å². The largest absolute Gasteiger partial charge is 0.508 e. The van der Waals surface area contributed by atoms with Gasteiger partial charge in [0, 0.05) is 19.6 Å². The minimum absolute atomic E-state index is 0.128. The Morgan fingerprint density at radius 1 is 0.870 bits per heavy atom. The van der Waals surface area contributed by atoms with Crippen LogP contribution in [-0.4, -0.2) is 30.6 Å². The van der Waals surface area contributed by atoms with E-state index in [9.17, 15) is 14.8 Å². The highest BCUT2D eigenvalue weighted by molar-refractivity contribution is 7.53. The van der Waals surface area contributed by atoms with Crippen molar-refractivity contribution in [2.45, 2.75) is 12.3 Å². The standard InChI is InChI=1S/C17H21O5P/c1-17(12-23(20,21-2)22-3,13-4-8-15(18)9-5-13)14-6-10-16(19)11-7-14/h4-11,18-19H,12H2,1-3H3. The van der Waals surface area contributed by atoms with E-state index in [0.717, 1.165) is 11.1 Å². The first-order chi connectivity index (χ1) is 10.8. The Balaban J connectivity index is 2.56. The van der Waals surface area contributed by atoms with Crippen LogP contribution in [0, 0.1) is 0 Å². The fourth-order valence-corrected chi connectivity index (χ4v) is 4.15. The molecule has 0 unspecified atom stereocenters. The molecule has 0 bridgehead atoms. The predicted molar refractivity (Wildman–Crippen MR) is 89.2 cm³/mol. The Bertz CT molecular complexity index is 640. The van der Waals surface area contributed by atoms with Crippen molar-refractivity contribution in [3.05, 3.63) is 59.7 Å². The van der Waals surface area contributed by atoms with E-state index in [1.807, 2.05) is 6.92 Å². The van der Waals surface area contributed by atoms with Crippen molar-refractivity contribution in [1.29, 1.82) is 0 Å². The van der Waals surface area contributed by atoms with Crippen LogP contribution in [0.5, 0.6) is 11.5 Å². The lowest BCUT2D eigenvalue weighted by molar-refractivity contribution is 0.270. The summed E-state index contributed by atoms with van der Waals surface area (Å²) in [6.45, 7) is 1.93. The predicted octanol–water partition coefficient (Wildman–Crippen LogP) is 3.89. The van der Waals surface area contributed by atoms with E-state index in [1.54, 1.807) is 48.5 Å². The summed E-state index contributed by atoms with van der Waals surface area (Å²) in [6.07, 6.45) is 0.128. The molecular weight excluding hydrogens is 315 g/mol. The van der Waals surface area contributed by atoms with E-state index in [0.29, 0.717) is 0 Å². The van der Waals surface area contributed by atoms with Crippen LogP contribution in [0.25, 0.3) is 0 Å². The monoisotopic (exact) mass is 336 g/mol. The molecule has 0 spiro atoms. The third-order valence-corrected chi connectivity index (χ3v) is 6.21. The van der Waals surface area contributed by atoms with Crippen molar-refractivity contribution in [2.24, 2.45) is 0 Å². The number of aromatic hydroxyl groups is 2. The molecule has 0 aromatic heterocycles. The van der Waals surface area contributed by atoms with E-state index in [4.69, 9.17) is 9.05 Å². The molecule has 0 aliphatic carbocycles. The molecule has 0 fully saturated rings. The Morgan fingerprint density at radius 2 is 1.22 bits per heavy atom. The first kappa shape index (κ1) is 17.5. The molecule has 0 aliphatic rings. The molecule has 5 nitrogen and oxygen atoms in total. The summed E-state index contributed by atoms with van der Waals surface area (Å²) < 4.78 is 22.9. The van der Waals surface area contributed by atoms with Gasteiger partial charge in [0.15, 0.2) is 0 Å². The second kappa shape index (κ2) is 6.75. The van der Waals surface area contributed by atoms with Crippen LogP contribution in [0.15, 0.2) is 48.5 Å². The number of benzene rings is 2. The summed E-state index contributed by atoms with van der Waals surface area (Å²) in [5.74, 6) is 0.312. The van der Waals surface area contributed by atoms with E-state index >= 15 is 0 Å². The molecule has 124 valence electrons. The topological polar surface area (TPSA) is 76.0 Å². The van der Waals surface area contributed by atoms with Gasteiger partial charge in [-0.2, -0.15) is 0 Å². The van der Waals surface area contributed by atoms with E-state index < -0.39 is 13.0 Å². The van der Waals surface area contributed by atoms with Gasteiger partial charge >= 0.3 is 7.60 Å². The zero-order valence-electron chi connectivity index (χ0n) is 13.4. The molecule has 2 N–H and O–H groups in total. The number of hydrogen-bond acceptors (Lipinski definition) is 5. The van der Waals surface area contributed by atoms with Crippen LogP contribution in [-0.2, 0) is 19.0 Å². The number of hydrogen-bond donors (Lipinski definition) is 2. The molecule has 0 saturated heterocycles. The van der Waals surface area contributed by atoms with Crippen LogP contribution in [0.1, 0.15) is 18.1 Å². The van der Waals surface area contributed by atoms with Crippen molar-refractivity contribution >= 4 is 7.60 Å². The van der Waals surface area contributed by atoms with Gasteiger partial charge < -0.3 is 19.3 Å². The maximum Gasteiger partial charge on any atom is 0.331 e. The molecule has 6 heteroatoms. The third kappa shape index (κ3) is 3.75. The summed E-state index contributed by atoms with van der Waals surface area (Å²) in [4.78, 5) is 0. The third-order valence-electron chi connectivity index (χ3n) is 4.08. The van der Waals surface area contributed by atoms with Gasteiger partial charge in [0.1, 0.15) is 11.5 Å². The van der Waals surface area contributed by atoms with Crippen LogP contribution in [0.3, 0.4) is 0 Å². The highest BCUT2D eigenvalue weighted by Gasteiger charge is 2.38. The van der Waals surface area contributed by atoms with Crippen molar-refractivity contribution < 1.29 is 23.8 Å². The van der Waals surface area contributed by atoms with Crippen molar-refractivity contribution in [3.63, 3.8) is 0 Å². The van der Waals surface area contributed by atoms with Crippen molar-refractivity contribution in [3.8, 4) is 11.5 Å². The smallest absolute Gasteiger partial charge is 0.331 e. The summed E-state index contributed by atoms with van der Waals surface area (Å²) >= 11 is 0. The molecule has 2 aromatic carbocycles. The fourth-order valence-electron chi connectivity index (χ4n) is 2.60. The summed E-state index contributed by atoms with van der Waals surface area (Å²) in [5.41, 5.74) is 1.04.